The van der Waals surface area contributed by atoms with E-state index in [-0.39, 0.29) is 5.92 Å². The van der Waals surface area contributed by atoms with Gasteiger partial charge in [0.2, 0.25) is 0 Å². The van der Waals surface area contributed by atoms with Gasteiger partial charge in [0.25, 0.3) is 0 Å². The standard InChI is InChI=1S/C17H20N2O2/c1-10-2-7-15-14(8-10)18-16(19(15)13-5-6-13)11-3-4-12(9-11)17(20)21/h2,7-8,11-13H,3-6,9H2,1H3,(H,20,21). The summed E-state index contributed by atoms with van der Waals surface area (Å²) in [6.45, 7) is 2.09. The van der Waals surface area contributed by atoms with Gasteiger partial charge in [-0.05, 0) is 56.7 Å². The van der Waals surface area contributed by atoms with E-state index in [0.717, 1.165) is 30.6 Å². The predicted molar refractivity (Wildman–Crippen MR) is 80.5 cm³/mol. The number of aliphatic carboxylic acids is 1. The van der Waals surface area contributed by atoms with Crippen LogP contribution in [0.25, 0.3) is 11.0 Å². The van der Waals surface area contributed by atoms with Crippen molar-refractivity contribution in [3.63, 3.8) is 0 Å². The SMILES string of the molecule is Cc1ccc2c(c1)nc(C1CCC(C(=O)O)C1)n2C1CC1. The first kappa shape index (κ1) is 12.9. The molecule has 2 saturated carbocycles. The van der Waals surface area contributed by atoms with Crippen molar-refractivity contribution in [1.29, 1.82) is 0 Å². The molecule has 0 saturated heterocycles. The molecule has 0 amide bonds. The van der Waals surface area contributed by atoms with Crippen molar-refractivity contribution in [2.24, 2.45) is 5.92 Å². The maximum Gasteiger partial charge on any atom is 0.306 e. The Morgan fingerprint density at radius 1 is 1.29 bits per heavy atom. The third-order valence-electron chi connectivity index (χ3n) is 4.93. The molecule has 21 heavy (non-hydrogen) atoms. The summed E-state index contributed by atoms with van der Waals surface area (Å²) in [6.07, 6.45) is 4.92. The number of nitrogens with zero attached hydrogens (tertiary/aromatic N) is 2. The Kier molecular flexibility index (Phi) is 2.81. The van der Waals surface area contributed by atoms with Crippen LogP contribution in [0.5, 0.6) is 0 Å². The topological polar surface area (TPSA) is 55.1 Å². The fourth-order valence-electron chi connectivity index (χ4n) is 3.67. The van der Waals surface area contributed by atoms with Crippen LogP contribution in [0.2, 0.25) is 0 Å². The molecular formula is C17H20N2O2. The number of aryl methyl sites for hydroxylation is 1. The van der Waals surface area contributed by atoms with Gasteiger partial charge in [-0.25, -0.2) is 4.98 Å². The number of carbonyl (C=O) groups is 1. The lowest BCUT2D eigenvalue weighted by Crippen LogP contribution is -2.11. The van der Waals surface area contributed by atoms with Gasteiger partial charge < -0.3 is 9.67 Å². The number of fused-ring (bicyclic) bond motifs is 1. The van der Waals surface area contributed by atoms with Crippen molar-refractivity contribution in [3.05, 3.63) is 29.6 Å². The molecule has 1 aromatic carbocycles. The van der Waals surface area contributed by atoms with Crippen molar-refractivity contribution in [2.75, 3.05) is 0 Å². The molecule has 2 aliphatic rings. The van der Waals surface area contributed by atoms with Gasteiger partial charge in [0, 0.05) is 12.0 Å². The molecule has 4 rings (SSSR count). The van der Waals surface area contributed by atoms with Gasteiger partial charge in [-0.15, -0.1) is 0 Å². The van der Waals surface area contributed by atoms with Gasteiger partial charge in [-0.2, -0.15) is 0 Å². The van der Waals surface area contributed by atoms with Crippen molar-refractivity contribution in [2.45, 2.75) is 51.0 Å². The van der Waals surface area contributed by atoms with Gasteiger partial charge in [0.1, 0.15) is 5.82 Å². The van der Waals surface area contributed by atoms with Crippen molar-refractivity contribution >= 4 is 17.0 Å². The molecule has 1 heterocycles. The number of rotatable bonds is 3. The molecule has 2 aliphatic carbocycles. The average Bonchev–Trinajstić information content (AvgIpc) is 3.02. The van der Waals surface area contributed by atoms with Crippen molar-refractivity contribution in [1.82, 2.24) is 9.55 Å². The first-order valence-corrected chi connectivity index (χ1v) is 7.85. The molecule has 2 atom stereocenters. The molecule has 1 N–H and O–H groups in total. The Labute approximate surface area is 123 Å². The van der Waals surface area contributed by atoms with E-state index in [0.29, 0.717) is 12.0 Å². The summed E-state index contributed by atoms with van der Waals surface area (Å²) >= 11 is 0. The second-order valence-corrected chi connectivity index (χ2v) is 6.61. The largest absolute Gasteiger partial charge is 0.481 e. The highest BCUT2D eigenvalue weighted by molar-refractivity contribution is 5.77. The van der Waals surface area contributed by atoms with Crippen LogP contribution < -0.4 is 0 Å². The van der Waals surface area contributed by atoms with E-state index in [4.69, 9.17) is 4.98 Å². The highest BCUT2D eigenvalue weighted by Crippen LogP contribution is 2.44. The summed E-state index contributed by atoms with van der Waals surface area (Å²) in [7, 11) is 0. The van der Waals surface area contributed by atoms with Crippen LogP contribution in [0.4, 0.5) is 0 Å². The smallest absolute Gasteiger partial charge is 0.306 e. The van der Waals surface area contributed by atoms with E-state index < -0.39 is 5.97 Å². The molecule has 2 unspecified atom stereocenters. The molecule has 0 spiro atoms. The summed E-state index contributed by atoms with van der Waals surface area (Å²) < 4.78 is 2.39. The third kappa shape index (κ3) is 2.13. The normalized spacial score (nSPS) is 25.6. The Morgan fingerprint density at radius 3 is 2.76 bits per heavy atom. The maximum atomic E-state index is 11.2. The lowest BCUT2D eigenvalue weighted by Gasteiger charge is -2.13. The van der Waals surface area contributed by atoms with E-state index in [1.165, 1.54) is 23.9 Å². The summed E-state index contributed by atoms with van der Waals surface area (Å²) in [4.78, 5) is 16.1. The molecule has 110 valence electrons. The summed E-state index contributed by atoms with van der Waals surface area (Å²) in [6, 6.07) is 7.03. The molecule has 2 fully saturated rings. The molecule has 4 nitrogen and oxygen atoms in total. The van der Waals surface area contributed by atoms with E-state index in [1.54, 1.807) is 0 Å². The second-order valence-electron chi connectivity index (χ2n) is 6.61. The van der Waals surface area contributed by atoms with Crippen LogP contribution >= 0.6 is 0 Å². The molecule has 4 heteroatoms. The maximum absolute atomic E-state index is 11.2. The lowest BCUT2D eigenvalue weighted by molar-refractivity contribution is -0.141. The summed E-state index contributed by atoms with van der Waals surface area (Å²) in [5, 5.41) is 9.22. The van der Waals surface area contributed by atoms with Crippen LogP contribution in [0.15, 0.2) is 18.2 Å². The Balaban J connectivity index is 1.77. The monoisotopic (exact) mass is 284 g/mol. The van der Waals surface area contributed by atoms with Crippen LogP contribution in [0.1, 0.15) is 55.5 Å². The highest BCUT2D eigenvalue weighted by atomic mass is 16.4. The van der Waals surface area contributed by atoms with Gasteiger partial charge in [0.05, 0.1) is 17.0 Å². The number of carboxylic acid groups (broad SMARTS) is 1. The minimum atomic E-state index is -0.651. The molecule has 2 aromatic rings. The number of aromatic nitrogens is 2. The molecular weight excluding hydrogens is 264 g/mol. The molecule has 0 radical (unpaired) electrons. The zero-order chi connectivity index (χ0) is 14.6. The molecule has 1 aromatic heterocycles. The summed E-state index contributed by atoms with van der Waals surface area (Å²) in [5.74, 6) is 0.591. The van der Waals surface area contributed by atoms with E-state index >= 15 is 0 Å². The Bertz CT molecular complexity index is 715. The highest BCUT2D eigenvalue weighted by Gasteiger charge is 2.36. The van der Waals surface area contributed by atoms with Gasteiger partial charge in [-0.3, -0.25) is 4.79 Å². The van der Waals surface area contributed by atoms with E-state index in [1.807, 2.05) is 0 Å². The van der Waals surface area contributed by atoms with Crippen LogP contribution in [-0.2, 0) is 4.79 Å². The first-order valence-electron chi connectivity index (χ1n) is 7.85. The lowest BCUT2D eigenvalue weighted by atomic mass is 10.0. The minimum absolute atomic E-state index is 0.191. The molecule has 0 aliphatic heterocycles. The van der Waals surface area contributed by atoms with Crippen LogP contribution in [-0.4, -0.2) is 20.6 Å². The van der Waals surface area contributed by atoms with E-state index in [9.17, 15) is 9.90 Å². The fraction of sp³-hybridized carbons (Fsp3) is 0.529. The van der Waals surface area contributed by atoms with Gasteiger partial charge in [-0.1, -0.05) is 6.07 Å². The van der Waals surface area contributed by atoms with Crippen LogP contribution in [0.3, 0.4) is 0 Å². The van der Waals surface area contributed by atoms with Gasteiger partial charge >= 0.3 is 5.97 Å². The number of benzene rings is 1. The van der Waals surface area contributed by atoms with E-state index in [2.05, 4.69) is 29.7 Å². The van der Waals surface area contributed by atoms with Crippen molar-refractivity contribution < 1.29 is 9.90 Å². The number of imidazole rings is 1. The fourth-order valence-corrected chi connectivity index (χ4v) is 3.67. The summed E-state index contributed by atoms with van der Waals surface area (Å²) in [5.41, 5.74) is 3.51. The Hall–Kier alpha value is -1.84. The molecule has 0 bridgehead atoms. The third-order valence-corrected chi connectivity index (χ3v) is 4.93. The minimum Gasteiger partial charge on any atom is -0.481 e. The zero-order valence-electron chi connectivity index (χ0n) is 12.2. The van der Waals surface area contributed by atoms with Crippen LogP contribution in [0, 0.1) is 12.8 Å². The average molecular weight is 284 g/mol. The quantitative estimate of drug-likeness (QED) is 0.936. The predicted octanol–water partition coefficient (Wildman–Crippen LogP) is 3.65. The Morgan fingerprint density at radius 2 is 2.10 bits per heavy atom. The van der Waals surface area contributed by atoms with Crippen molar-refractivity contribution in [3.8, 4) is 0 Å². The number of hydrogen-bond acceptors (Lipinski definition) is 2. The first-order chi connectivity index (χ1) is 10.1. The second kappa shape index (κ2) is 4.58. The zero-order valence-corrected chi connectivity index (χ0v) is 12.2. The van der Waals surface area contributed by atoms with Gasteiger partial charge in [0.15, 0.2) is 0 Å². The number of hydrogen-bond donors (Lipinski definition) is 1. The number of carboxylic acids is 1.